The highest BCUT2D eigenvalue weighted by atomic mass is 19.1. The second-order valence-corrected chi connectivity index (χ2v) is 9.48. The predicted octanol–water partition coefficient (Wildman–Crippen LogP) is 2.46. The van der Waals surface area contributed by atoms with E-state index in [1.54, 1.807) is 28.8 Å². The Morgan fingerprint density at radius 3 is 2.59 bits per heavy atom. The lowest BCUT2D eigenvalue weighted by molar-refractivity contribution is -0.127. The Bertz CT molecular complexity index is 1030. The molecule has 170 valence electrons. The van der Waals surface area contributed by atoms with E-state index in [4.69, 9.17) is 0 Å². The maximum absolute atomic E-state index is 13.5. The third-order valence-electron chi connectivity index (χ3n) is 7.67. The Morgan fingerprint density at radius 1 is 1.12 bits per heavy atom. The van der Waals surface area contributed by atoms with Crippen molar-refractivity contribution in [3.8, 4) is 0 Å². The van der Waals surface area contributed by atoms with Crippen LogP contribution in [0.4, 0.5) is 4.39 Å². The Labute approximate surface area is 187 Å². The van der Waals surface area contributed by atoms with E-state index >= 15 is 0 Å². The van der Waals surface area contributed by atoms with Crippen LogP contribution >= 0.6 is 0 Å². The van der Waals surface area contributed by atoms with Crippen molar-refractivity contribution < 1.29 is 14.3 Å². The molecule has 4 atom stereocenters. The first-order chi connectivity index (χ1) is 15.6. The topological polar surface area (TPSA) is 74.6 Å². The number of carbonyl (C=O) groups is 1. The molecule has 2 aliphatic heterocycles. The molecule has 0 radical (unpaired) electrons. The number of fused-ring (bicyclic) bond motifs is 4. The molecule has 2 aromatic rings. The molecule has 0 unspecified atom stereocenters. The summed E-state index contributed by atoms with van der Waals surface area (Å²) in [5, 5.41) is 13.3. The van der Waals surface area contributed by atoms with E-state index in [1.165, 1.54) is 37.8 Å². The van der Waals surface area contributed by atoms with Crippen LogP contribution in [0.1, 0.15) is 43.0 Å². The molecule has 1 aromatic carbocycles. The van der Waals surface area contributed by atoms with Crippen molar-refractivity contribution in [2.45, 2.75) is 50.9 Å². The fraction of sp³-hybridized carbons (Fsp3) is 0.520. The molecule has 1 saturated carbocycles. The van der Waals surface area contributed by atoms with Gasteiger partial charge in [-0.15, -0.1) is 0 Å². The van der Waals surface area contributed by atoms with Crippen LogP contribution in [-0.2, 0) is 17.9 Å². The van der Waals surface area contributed by atoms with Gasteiger partial charge in [0, 0.05) is 50.0 Å². The summed E-state index contributed by atoms with van der Waals surface area (Å²) in [6.45, 7) is 1.61. The molecule has 3 heterocycles. The van der Waals surface area contributed by atoms with E-state index in [2.05, 4.69) is 10.2 Å². The number of carbonyl (C=O) groups excluding carboxylic acids is 1. The summed E-state index contributed by atoms with van der Waals surface area (Å²) in [4.78, 5) is 28.5. The molecule has 1 aromatic heterocycles. The molecular formula is C25H30FN3O3. The monoisotopic (exact) mass is 439 g/mol. The zero-order chi connectivity index (χ0) is 22.2. The van der Waals surface area contributed by atoms with Crippen molar-refractivity contribution in [3.63, 3.8) is 0 Å². The van der Waals surface area contributed by atoms with Crippen LogP contribution in [0.3, 0.4) is 0 Å². The highest BCUT2D eigenvalue weighted by Crippen LogP contribution is 2.49. The van der Waals surface area contributed by atoms with Crippen LogP contribution in [0.15, 0.2) is 47.3 Å². The Balaban J connectivity index is 1.45. The molecule has 2 N–H and O–H groups in total. The predicted molar refractivity (Wildman–Crippen MR) is 118 cm³/mol. The zero-order valence-corrected chi connectivity index (χ0v) is 18.1. The van der Waals surface area contributed by atoms with Crippen LogP contribution < -0.4 is 10.9 Å². The molecule has 2 fully saturated rings. The van der Waals surface area contributed by atoms with E-state index in [0.717, 1.165) is 17.8 Å². The van der Waals surface area contributed by atoms with Crippen molar-refractivity contribution in [1.82, 2.24) is 14.8 Å². The number of aliphatic hydroxyl groups excluding tert-OH is 1. The summed E-state index contributed by atoms with van der Waals surface area (Å²) in [6.07, 6.45) is 4.88. The van der Waals surface area contributed by atoms with Gasteiger partial charge >= 0.3 is 0 Å². The van der Waals surface area contributed by atoms with Crippen LogP contribution in [-0.4, -0.2) is 39.7 Å². The molecule has 0 spiro atoms. The molecule has 3 aliphatic rings. The van der Waals surface area contributed by atoms with E-state index in [9.17, 15) is 19.1 Å². The summed E-state index contributed by atoms with van der Waals surface area (Å²) >= 11 is 0. The van der Waals surface area contributed by atoms with Gasteiger partial charge in [0.25, 0.3) is 5.56 Å². The Hall–Kier alpha value is -2.51. The highest BCUT2D eigenvalue weighted by Gasteiger charge is 2.55. The fourth-order valence-electron chi connectivity index (χ4n) is 6.13. The molecule has 2 bridgehead atoms. The Kier molecular flexibility index (Phi) is 5.86. The number of hydrogen-bond donors (Lipinski definition) is 2. The van der Waals surface area contributed by atoms with Crippen molar-refractivity contribution in [2.24, 2.45) is 17.8 Å². The van der Waals surface area contributed by atoms with Gasteiger partial charge in [-0.2, -0.15) is 0 Å². The minimum atomic E-state index is -0.442. The lowest BCUT2D eigenvalue weighted by atomic mass is 9.86. The second kappa shape index (κ2) is 8.79. The molecule has 7 heteroatoms. The number of pyridine rings is 1. The van der Waals surface area contributed by atoms with Crippen molar-refractivity contribution in [3.05, 3.63) is 69.9 Å². The highest BCUT2D eigenvalue weighted by molar-refractivity contribution is 5.80. The zero-order valence-electron chi connectivity index (χ0n) is 18.1. The number of amides is 1. The number of nitrogens with zero attached hydrogens (tertiary/aromatic N) is 2. The maximum Gasteiger partial charge on any atom is 0.250 e. The summed E-state index contributed by atoms with van der Waals surface area (Å²) in [6, 6.07) is 11.1. The lowest BCUT2D eigenvalue weighted by Crippen LogP contribution is -2.47. The van der Waals surface area contributed by atoms with Gasteiger partial charge in [-0.25, -0.2) is 4.39 Å². The van der Waals surface area contributed by atoms with Gasteiger partial charge in [-0.1, -0.05) is 31.0 Å². The largest absolute Gasteiger partial charge is 0.396 e. The van der Waals surface area contributed by atoms with E-state index in [0.29, 0.717) is 19.0 Å². The number of aliphatic hydroxyl groups is 1. The number of halogens is 1. The third-order valence-corrected chi connectivity index (χ3v) is 7.67. The first kappa shape index (κ1) is 21.3. The van der Waals surface area contributed by atoms with Crippen LogP contribution in [0.5, 0.6) is 0 Å². The maximum atomic E-state index is 13.5. The summed E-state index contributed by atoms with van der Waals surface area (Å²) in [7, 11) is 0. The summed E-state index contributed by atoms with van der Waals surface area (Å²) < 4.78 is 15.0. The van der Waals surface area contributed by atoms with Gasteiger partial charge in [0.2, 0.25) is 5.91 Å². The van der Waals surface area contributed by atoms with Crippen molar-refractivity contribution >= 4 is 5.91 Å². The quantitative estimate of drug-likeness (QED) is 0.725. The van der Waals surface area contributed by atoms with Crippen LogP contribution in [0, 0.1) is 23.6 Å². The SMILES string of the molecule is O=C(NCc1ccc(F)cc1)[C@@H]1[C@@H](CO)[C@@H]2Cn3c(cccc3=O)[C@H]1N2CC1CCCC1. The average molecular weight is 440 g/mol. The molecule has 32 heavy (non-hydrogen) atoms. The number of benzene rings is 1. The minimum Gasteiger partial charge on any atom is -0.396 e. The van der Waals surface area contributed by atoms with E-state index < -0.39 is 5.92 Å². The molecule has 1 saturated heterocycles. The fourth-order valence-corrected chi connectivity index (χ4v) is 6.13. The van der Waals surface area contributed by atoms with Crippen molar-refractivity contribution in [1.29, 1.82) is 0 Å². The molecular weight excluding hydrogens is 409 g/mol. The molecule has 5 rings (SSSR count). The Morgan fingerprint density at radius 2 is 1.88 bits per heavy atom. The van der Waals surface area contributed by atoms with Gasteiger partial charge in [0.05, 0.1) is 12.0 Å². The number of rotatable bonds is 6. The number of hydrogen-bond acceptors (Lipinski definition) is 4. The second-order valence-electron chi connectivity index (χ2n) is 9.48. The lowest BCUT2D eigenvalue weighted by Gasteiger charge is -2.39. The van der Waals surface area contributed by atoms with Gasteiger partial charge < -0.3 is 15.0 Å². The van der Waals surface area contributed by atoms with Gasteiger partial charge in [-0.05, 0) is 42.5 Å². The number of nitrogens with one attached hydrogen (secondary N) is 1. The normalized spacial score (nSPS) is 27.4. The molecule has 1 aliphatic carbocycles. The smallest absolute Gasteiger partial charge is 0.250 e. The van der Waals surface area contributed by atoms with E-state index in [-0.39, 0.29) is 41.9 Å². The molecule has 6 nitrogen and oxygen atoms in total. The van der Waals surface area contributed by atoms with Crippen molar-refractivity contribution in [2.75, 3.05) is 13.2 Å². The first-order valence-corrected chi connectivity index (χ1v) is 11.7. The third kappa shape index (κ3) is 3.77. The van der Waals surface area contributed by atoms with Gasteiger partial charge in [-0.3, -0.25) is 14.5 Å². The van der Waals surface area contributed by atoms with Gasteiger partial charge in [0.1, 0.15) is 5.82 Å². The summed E-state index contributed by atoms with van der Waals surface area (Å²) in [5.41, 5.74) is 1.63. The van der Waals surface area contributed by atoms with Crippen LogP contribution in [0.25, 0.3) is 0 Å². The number of aromatic nitrogens is 1. The van der Waals surface area contributed by atoms with Gasteiger partial charge in [0.15, 0.2) is 0 Å². The standard InChI is InChI=1S/C25H30FN3O3/c26-18-10-8-16(9-11-18)12-27-25(32)23-19(15-30)21-14-28-20(6-3-7-22(28)31)24(23)29(21)13-17-4-1-2-5-17/h3,6-11,17,19,21,23-24,30H,1-2,4-5,12-15H2,(H,27,32)/t19-,21-,23+,24+/m0/s1. The van der Waals surface area contributed by atoms with E-state index in [1.807, 2.05) is 6.07 Å². The summed E-state index contributed by atoms with van der Waals surface area (Å²) in [5.74, 6) is -0.518. The van der Waals surface area contributed by atoms with Crippen LogP contribution in [0.2, 0.25) is 0 Å². The average Bonchev–Trinajstić information content (AvgIpc) is 3.37. The molecule has 1 amide bonds. The minimum absolute atomic E-state index is 0.0419. The first-order valence-electron chi connectivity index (χ1n) is 11.7.